The first-order valence-corrected chi connectivity index (χ1v) is 12.7. The molecule has 0 unspecified atom stereocenters. The molecule has 0 bridgehead atoms. The fourth-order valence-corrected chi connectivity index (χ4v) is 6.45. The highest BCUT2D eigenvalue weighted by Crippen LogP contribution is 2.31. The molecule has 1 fully saturated rings. The molecular formula is C22H28N2O4S2. The SMILES string of the molecule is Cc1ccc(S(=O)(=O)[C@@H](CNC(=O)C(=O)NC2CCCCCC2)c2cccs2)cc1. The normalized spacial score (nSPS) is 16.4. The van der Waals surface area contributed by atoms with Crippen molar-refractivity contribution in [3.05, 3.63) is 52.2 Å². The molecule has 2 amide bonds. The zero-order valence-corrected chi connectivity index (χ0v) is 18.7. The maximum absolute atomic E-state index is 13.2. The quantitative estimate of drug-likeness (QED) is 0.522. The number of amides is 2. The zero-order valence-electron chi connectivity index (χ0n) is 17.1. The summed E-state index contributed by atoms with van der Waals surface area (Å²) in [5.74, 6) is -1.49. The van der Waals surface area contributed by atoms with Gasteiger partial charge >= 0.3 is 11.8 Å². The van der Waals surface area contributed by atoms with Gasteiger partial charge in [0.25, 0.3) is 0 Å². The van der Waals surface area contributed by atoms with Crippen LogP contribution in [0.4, 0.5) is 0 Å². The third kappa shape index (κ3) is 5.70. The first kappa shape index (κ1) is 22.5. The molecule has 1 aromatic carbocycles. The van der Waals surface area contributed by atoms with Gasteiger partial charge < -0.3 is 10.6 Å². The average Bonchev–Trinajstić information content (AvgIpc) is 3.12. The standard InChI is InChI=1S/C22H28N2O4S2/c1-16-10-12-18(13-11-16)30(27,28)20(19-9-6-14-29-19)15-23-21(25)22(26)24-17-7-4-2-3-5-8-17/h6,9-14,17,20H,2-5,7-8,15H2,1H3,(H,23,25)(H,24,26)/t20-/m0/s1. The molecule has 1 aliphatic rings. The monoisotopic (exact) mass is 448 g/mol. The second-order valence-electron chi connectivity index (χ2n) is 7.73. The first-order chi connectivity index (χ1) is 14.4. The van der Waals surface area contributed by atoms with Gasteiger partial charge in [0.2, 0.25) is 0 Å². The van der Waals surface area contributed by atoms with E-state index in [1.54, 1.807) is 41.8 Å². The Morgan fingerprint density at radius 2 is 1.70 bits per heavy atom. The smallest absolute Gasteiger partial charge is 0.309 e. The number of sulfone groups is 1. The van der Waals surface area contributed by atoms with E-state index in [0.717, 1.165) is 44.1 Å². The molecule has 1 aromatic heterocycles. The van der Waals surface area contributed by atoms with Crippen LogP contribution in [0.15, 0.2) is 46.7 Å². The van der Waals surface area contributed by atoms with Crippen LogP contribution in [0.2, 0.25) is 0 Å². The van der Waals surface area contributed by atoms with Crippen molar-refractivity contribution in [2.45, 2.75) is 61.6 Å². The number of carbonyl (C=O) groups is 2. The van der Waals surface area contributed by atoms with Crippen molar-refractivity contribution in [1.29, 1.82) is 0 Å². The highest BCUT2D eigenvalue weighted by Gasteiger charge is 2.31. The molecular weight excluding hydrogens is 420 g/mol. The summed E-state index contributed by atoms with van der Waals surface area (Å²) in [6.07, 6.45) is 6.14. The Balaban J connectivity index is 1.69. The van der Waals surface area contributed by atoms with Gasteiger partial charge in [0.1, 0.15) is 5.25 Å². The molecule has 162 valence electrons. The van der Waals surface area contributed by atoms with Crippen LogP contribution in [0, 0.1) is 6.92 Å². The lowest BCUT2D eigenvalue weighted by molar-refractivity contribution is -0.139. The number of aryl methyl sites for hydroxylation is 1. The van der Waals surface area contributed by atoms with Gasteiger partial charge in [0.05, 0.1) is 4.90 Å². The van der Waals surface area contributed by atoms with Crippen LogP contribution in [0.3, 0.4) is 0 Å². The Labute approximate surface area is 182 Å². The van der Waals surface area contributed by atoms with E-state index in [4.69, 9.17) is 0 Å². The number of nitrogens with one attached hydrogen (secondary N) is 2. The van der Waals surface area contributed by atoms with Crippen LogP contribution >= 0.6 is 11.3 Å². The second kappa shape index (κ2) is 10.2. The molecule has 8 heteroatoms. The molecule has 3 rings (SSSR count). The van der Waals surface area contributed by atoms with Crippen LogP contribution < -0.4 is 10.6 Å². The molecule has 1 saturated carbocycles. The van der Waals surface area contributed by atoms with Gasteiger partial charge in [-0.15, -0.1) is 11.3 Å². The summed E-state index contributed by atoms with van der Waals surface area (Å²) in [7, 11) is -3.73. The summed E-state index contributed by atoms with van der Waals surface area (Å²) in [6.45, 7) is 1.73. The lowest BCUT2D eigenvalue weighted by atomic mass is 10.1. The van der Waals surface area contributed by atoms with E-state index < -0.39 is 26.9 Å². The minimum absolute atomic E-state index is 0.00938. The number of carbonyl (C=O) groups excluding carboxylic acids is 2. The molecule has 1 atom stereocenters. The van der Waals surface area contributed by atoms with Gasteiger partial charge in [0.15, 0.2) is 9.84 Å². The molecule has 2 N–H and O–H groups in total. The highest BCUT2D eigenvalue weighted by atomic mass is 32.2. The van der Waals surface area contributed by atoms with Gasteiger partial charge in [-0.05, 0) is 43.3 Å². The van der Waals surface area contributed by atoms with Crippen molar-refractivity contribution in [3.63, 3.8) is 0 Å². The molecule has 0 aliphatic heterocycles. The van der Waals surface area contributed by atoms with Crippen molar-refractivity contribution >= 4 is 33.0 Å². The predicted molar refractivity (Wildman–Crippen MR) is 118 cm³/mol. The van der Waals surface area contributed by atoms with Crippen molar-refractivity contribution in [2.24, 2.45) is 0 Å². The van der Waals surface area contributed by atoms with E-state index in [1.165, 1.54) is 11.3 Å². The number of thiophene rings is 1. The van der Waals surface area contributed by atoms with Gasteiger partial charge in [-0.25, -0.2) is 8.42 Å². The number of hydrogen-bond donors (Lipinski definition) is 2. The van der Waals surface area contributed by atoms with E-state index >= 15 is 0 Å². The average molecular weight is 449 g/mol. The molecule has 1 heterocycles. The molecule has 2 aromatic rings. The van der Waals surface area contributed by atoms with Crippen LogP contribution in [0.25, 0.3) is 0 Å². The molecule has 1 aliphatic carbocycles. The number of hydrogen-bond acceptors (Lipinski definition) is 5. The maximum atomic E-state index is 13.2. The summed E-state index contributed by atoms with van der Waals surface area (Å²) in [6, 6.07) is 10.2. The Hall–Kier alpha value is -2.19. The van der Waals surface area contributed by atoms with E-state index in [0.29, 0.717) is 4.88 Å². The third-order valence-electron chi connectivity index (χ3n) is 5.43. The van der Waals surface area contributed by atoms with Crippen molar-refractivity contribution in [3.8, 4) is 0 Å². The fraction of sp³-hybridized carbons (Fsp3) is 0.455. The lowest BCUT2D eigenvalue weighted by Gasteiger charge is -2.19. The maximum Gasteiger partial charge on any atom is 0.309 e. The van der Waals surface area contributed by atoms with E-state index in [9.17, 15) is 18.0 Å². The van der Waals surface area contributed by atoms with E-state index in [-0.39, 0.29) is 17.5 Å². The van der Waals surface area contributed by atoms with Crippen molar-refractivity contribution in [2.75, 3.05) is 6.54 Å². The van der Waals surface area contributed by atoms with E-state index in [1.807, 2.05) is 6.92 Å². The zero-order chi connectivity index (χ0) is 21.6. The van der Waals surface area contributed by atoms with Gasteiger partial charge in [0, 0.05) is 17.5 Å². The molecule has 6 nitrogen and oxygen atoms in total. The summed E-state index contributed by atoms with van der Waals surface area (Å²) >= 11 is 1.32. The number of rotatable bonds is 6. The fourth-order valence-electron chi connectivity index (χ4n) is 3.67. The van der Waals surface area contributed by atoms with Crippen molar-refractivity contribution in [1.82, 2.24) is 10.6 Å². The largest absolute Gasteiger partial charge is 0.346 e. The highest BCUT2D eigenvalue weighted by molar-refractivity contribution is 7.91. The van der Waals surface area contributed by atoms with Gasteiger partial charge in [-0.3, -0.25) is 9.59 Å². The van der Waals surface area contributed by atoms with Crippen LogP contribution in [-0.2, 0) is 19.4 Å². The molecule has 30 heavy (non-hydrogen) atoms. The van der Waals surface area contributed by atoms with Gasteiger partial charge in [-0.1, -0.05) is 49.4 Å². The van der Waals surface area contributed by atoms with Crippen LogP contribution in [0.1, 0.15) is 54.2 Å². The predicted octanol–water partition coefficient (Wildman–Crippen LogP) is 3.53. The number of benzene rings is 1. The summed E-state index contributed by atoms with van der Waals surface area (Å²) in [5.41, 5.74) is 0.963. The first-order valence-electron chi connectivity index (χ1n) is 10.3. The van der Waals surface area contributed by atoms with Crippen LogP contribution in [-0.4, -0.2) is 32.8 Å². The van der Waals surface area contributed by atoms with E-state index in [2.05, 4.69) is 10.6 Å². The van der Waals surface area contributed by atoms with Crippen LogP contribution in [0.5, 0.6) is 0 Å². The molecule has 0 spiro atoms. The minimum Gasteiger partial charge on any atom is -0.346 e. The molecule has 0 radical (unpaired) electrons. The van der Waals surface area contributed by atoms with Crippen molar-refractivity contribution < 1.29 is 18.0 Å². The third-order valence-corrected chi connectivity index (χ3v) is 8.66. The Morgan fingerprint density at radius 3 is 2.30 bits per heavy atom. The lowest BCUT2D eigenvalue weighted by Crippen LogP contribution is -2.45. The Kier molecular flexibility index (Phi) is 7.66. The second-order valence-corrected chi connectivity index (χ2v) is 10.8. The Bertz CT molecular complexity index is 946. The Morgan fingerprint density at radius 1 is 1.03 bits per heavy atom. The summed E-state index contributed by atoms with van der Waals surface area (Å²) in [5, 5.41) is 6.19. The topological polar surface area (TPSA) is 92.3 Å². The summed E-state index contributed by atoms with van der Waals surface area (Å²) in [4.78, 5) is 25.5. The summed E-state index contributed by atoms with van der Waals surface area (Å²) < 4.78 is 26.5. The van der Waals surface area contributed by atoms with Gasteiger partial charge in [-0.2, -0.15) is 0 Å². The molecule has 0 saturated heterocycles. The minimum atomic E-state index is -3.73.